The number of unbranched alkanes of at least 4 members (excludes halogenated alkanes) is 1. The van der Waals surface area contributed by atoms with Crippen LogP contribution in [0.4, 0.5) is 0 Å². The van der Waals surface area contributed by atoms with E-state index in [9.17, 15) is 0 Å². The SMILES string of the molecule is Cc1cc(CCCCCl)ccn1. The van der Waals surface area contributed by atoms with Gasteiger partial charge in [0, 0.05) is 17.8 Å². The molecule has 0 spiro atoms. The summed E-state index contributed by atoms with van der Waals surface area (Å²) in [7, 11) is 0. The summed E-state index contributed by atoms with van der Waals surface area (Å²) in [6, 6.07) is 4.20. The number of hydrogen-bond donors (Lipinski definition) is 0. The highest BCUT2D eigenvalue weighted by atomic mass is 35.5. The molecule has 66 valence electrons. The summed E-state index contributed by atoms with van der Waals surface area (Å²) < 4.78 is 0. The van der Waals surface area contributed by atoms with Crippen molar-refractivity contribution in [1.82, 2.24) is 4.98 Å². The van der Waals surface area contributed by atoms with Crippen LogP contribution in [0.5, 0.6) is 0 Å². The first kappa shape index (κ1) is 9.53. The van der Waals surface area contributed by atoms with Gasteiger partial charge in [-0.05, 0) is 43.9 Å². The van der Waals surface area contributed by atoms with Crippen LogP contribution in [-0.4, -0.2) is 10.9 Å². The number of pyridine rings is 1. The molecule has 2 heteroatoms. The highest BCUT2D eigenvalue weighted by molar-refractivity contribution is 6.17. The normalized spacial score (nSPS) is 10.2. The molecule has 0 N–H and O–H groups in total. The van der Waals surface area contributed by atoms with Crippen LogP contribution >= 0.6 is 11.6 Å². The van der Waals surface area contributed by atoms with Crippen molar-refractivity contribution in [3.63, 3.8) is 0 Å². The molecular weight excluding hydrogens is 170 g/mol. The van der Waals surface area contributed by atoms with Crippen LogP contribution < -0.4 is 0 Å². The van der Waals surface area contributed by atoms with Crippen LogP contribution in [0.1, 0.15) is 24.1 Å². The van der Waals surface area contributed by atoms with Crippen LogP contribution in [0, 0.1) is 6.92 Å². The summed E-state index contributed by atoms with van der Waals surface area (Å²) in [6.45, 7) is 2.02. The number of aryl methyl sites for hydroxylation is 2. The van der Waals surface area contributed by atoms with Gasteiger partial charge in [0.05, 0.1) is 0 Å². The molecule has 0 unspecified atom stereocenters. The molecule has 1 nitrogen and oxygen atoms in total. The summed E-state index contributed by atoms with van der Waals surface area (Å²) in [4.78, 5) is 4.14. The van der Waals surface area contributed by atoms with Crippen LogP contribution in [0.25, 0.3) is 0 Å². The van der Waals surface area contributed by atoms with E-state index in [1.165, 1.54) is 12.0 Å². The lowest BCUT2D eigenvalue weighted by molar-refractivity contribution is 0.797. The van der Waals surface area contributed by atoms with E-state index in [-0.39, 0.29) is 0 Å². The van der Waals surface area contributed by atoms with Crippen LogP contribution in [0.3, 0.4) is 0 Å². The minimum atomic E-state index is 0.768. The molecule has 0 saturated carbocycles. The molecule has 0 radical (unpaired) electrons. The lowest BCUT2D eigenvalue weighted by Crippen LogP contribution is -1.88. The molecule has 0 aromatic carbocycles. The summed E-state index contributed by atoms with van der Waals surface area (Å²) in [5.41, 5.74) is 2.46. The summed E-state index contributed by atoms with van der Waals surface area (Å²) in [5.74, 6) is 0.768. The average Bonchev–Trinajstić information content (AvgIpc) is 2.05. The Morgan fingerprint density at radius 1 is 1.42 bits per heavy atom. The molecule has 0 amide bonds. The van der Waals surface area contributed by atoms with E-state index in [0.29, 0.717) is 0 Å². The summed E-state index contributed by atoms with van der Waals surface area (Å²) >= 11 is 5.59. The largest absolute Gasteiger partial charge is 0.262 e. The Hall–Kier alpha value is -0.560. The molecule has 0 aliphatic heterocycles. The molecule has 0 bridgehead atoms. The number of halogens is 1. The van der Waals surface area contributed by atoms with Gasteiger partial charge in [0.25, 0.3) is 0 Å². The maximum atomic E-state index is 5.59. The molecule has 0 aliphatic carbocycles. The van der Waals surface area contributed by atoms with E-state index in [0.717, 1.165) is 24.4 Å². The predicted octanol–water partition coefficient (Wildman–Crippen LogP) is 2.95. The third-order valence-electron chi connectivity index (χ3n) is 1.81. The Morgan fingerprint density at radius 3 is 2.92 bits per heavy atom. The third kappa shape index (κ3) is 3.22. The lowest BCUT2D eigenvalue weighted by atomic mass is 10.1. The first-order valence-electron chi connectivity index (χ1n) is 4.30. The van der Waals surface area contributed by atoms with Crippen molar-refractivity contribution in [3.05, 3.63) is 29.6 Å². The molecule has 1 aromatic rings. The maximum Gasteiger partial charge on any atom is 0.0375 e. The van der Waals surface area contributed by atoms with Gasteiger partial charge in [0.2, 0.25) is 0 Å². The summed E-state index contributed by atoms with van der Waals surface area (Å²) in [6.07, 6.45) is 5.26. The Morgan fingerprint density at radius 2 is 2.25 bits per heavy atom. The second kappa shape index (κ2) is 5.15. The van der Waals surface area contributed by atoms with E-state index >= 15 is 0 Å². The van der Waals surface area contributed by atoms with Crippen molar-refractivity contribution in [2.45, 2.75) is 26.2 Å². The molecular formula is C10H14ClN. The zero-order chi connectivity index (χ0) is 8.81. The second-order valence-corrected chi connectivity index (χ2v) is 3.33. The fourth-order valence-electron chi connectivity index (χ4n) is 1.18. The van der Waals surface area contributed by atoms with Gasteiger partial charge in [-0.1, -0.05) is 0 Å². The van der Waals surface area contributed by atoms with E-state index in [1.807, 2.05) is 13.1 Å². The Balaban J connectivity index is 2.41. The van der Waals surface area contributed by atoms with Crippen molar-refractivity contribution in [3.8, 4) is 0 Å². The highest BCUT2D eigenvalue weighted by Crippen LogP contribution is 2.05. The van der Waals surface area contributed by atoms with Gasteiger partial charge in [0.1, 0.15) is 0 Å². The molecule has 1 aromatic heterocycles. The van der Waals surface area contributed by atoms with Crippen LogP contribution in [0.15, 0.2) is 18.3 Å². The number of aromatic nitrogens is 1. The molecule has 0 saturated heterocycles. The second-order valence-electron chi connectivity index (χ2n) is 2.95. The average molecular weight is 184 g/mol. The highest BCUT2D eigenvalue weighted by Gasteiger charge is 1.93. The molecule has 12 heavy (non-hydrogen) atoms. The van der Waals surface area contributed by atoms with Crippen LogP contribution in [0.2, 0.25) is 0 Å². The topological polar surface area (TPSA) is 12.9 Å². The molecule has 0 atom stereocenters. The van der Waals surface area contributed by atoms with Crippen LogP contribution in [-0.2, 0) is 6.42 Å². The van der Waals surface area contributed by atoms with Gasteiger partial charge in [-0.2, -0.15) is 0 Å². The van der Waals surface area contributed by atoms with Crippen molar-refractivity contribution in [2.24, 2.45) is 0 Å². The molecule has 0 aliphatic rings. The Labute approximate surface area is 78.8 Å². The fourth-order valence-corrected chi connectivity index (χ4v) is 1.37. The van der Waals surface area contributed by atoms with Gasteiger partial charge < -0.3 is 0 Å². The smallest absolute Gasteiger partial charge is 0.0375 e. The minimum absolute atomic E-state index is 0.768. The van der Waals surface area contributed by atoms with Gasteiger partial charge in [-0.3, -0.25) is 4.98 Å². The zero-order valence-electron chi connectivity index (χ0n) is 7.39. The monoisotopic (exact) mass is 183 g/mol. The van der Waals surface area contributed by atoms with E-state index in [1.54, 1.807) is 0 Å². The Kier molecular flexibility index (Phi) is 4.09. The maximum absolute atomic E-state index is 5.59. The third-order valence-corrected chi connectivity index (χ3v) is 2.08. The van der Waals surface area contributed by atoms with Crippen molar-refractivity contribution < 1.29 is 0 Å². The fraction of sp³-hybridized carbons (Fsp3) is 0.500. The van der Waals surface area contributed by atoms with E-state index in [4.69, 9.17) is 11.6 Å². The van der Waals surface area contributed by atoms with E-state index < -0.39 is 0 Å². The first-order chi connectivity index (χ1) is 5.83. The van der Waals surface area contributed by atoms with Crippen molar-refractivity contribution in [1.29, 1.82) is 0 Å². The minimum Gasteiger partial charge on any atom is -0.262 e. The Bertz CT molecular complexity index is 235. The van der Waals surface area contributed by atoms with Gasteiger partial charge >= 0.3 is 0 Å². The number of hydrogen-bond acceptors (Lipinski definition) is 1. The lowest BCUT2D eigenvalue weighted by Gasteiger charge is -2.00. The quantitative estimate of drug-likeness (QED) is 0.517. The first-order valence-corrected chi connectivity index (χ1v) is 4.84. The van der Waals surface area contributed by atoms with Crippen molar-refractivity contribution in [2.75, 3.05) is 5.88 Å². The van der Waals surface area contributed by atoms with E-state index in [2.05, 4.69) is 17.1 Å². The molecule has 0 fully saturated rings. The van der Waals surface area contributed by atoms with Gasteiger partial charge in [0.15, 0.2) is 0 Å². The number of rotatable bonds is 4. The van der Waals surface area contributed by atoms with Gasteiger partial charge in [-0.25, -0.2) is 0 Å². The molecule has 1 rings (SSSR count). The molecule has 1 heterocycles. The van der Waals surface area contributed by atoms with Gasteiger partial charge in [-0.15, -0.1) is 11.6 Å². The number of nitrogens with zero attached hydrogens (tertiary/aromatic N) is 1. The number of alkyl halides is 1. The summed E-state index contributed by atoms with van der Waals surface area (Å²) in [5, 5.41) is 0. The zero-order valence-corrected chi connectivity index (χ0v) is 8.14. The predicted molar refractivity (Wildman–Crippen MR) is 52.6 cm³/mol. The standard InChI is InChI=1S/C10H14ClN/c1-9-8-10(5-7-12-9)4-2-3-6-11/h5,7-8H,2-4,6H2,1H3. The van der Waals surface area contributed by atoms with Crippen molar-refractivity contribution >= 4 is 11.6 Å².